The van der Waals surface area contributed by atoms with Crippen LogP contribution in [0.5, 0.6) is 0 Å². The number of halogens is 1. The Morgan fingerprint density at radius 3 is 2.54 bits per heavy atom. The van der Waals surface area contributed by atoms with Gasteiger partial charge in [0, 0.05) is 37.3 Å². The summed E-state index contributed by atoms with van der Waals surface area (Å²) in [5, 5.41) is 13.5. The lowest BCUT2D eigenvalue weighted by Gasteiger charge is -2.16. The van der Waals surface area contributed by atoms with Gasteiger partial charge in [0.15, 0.2) is 0 Å². The van der Waals surface area contributed by atoms with Crippen molar-refractivity contribution in [3.05, 3.63) is 68.7 Å². The number of benzene rings is 2. The van der Waals surface area contributed by atoms with Crippen molar-refractivity contribution >= 4 is 34.8 Å². The Kier molecular flexibility index (Phi) is 5.18. The van der Waals surface area contributed by atoms with Crippen molar-refractivity contribution in [2.75, 3.05) is 11.4 Å². The van der Waals surface area contributed by atoms with E-state index in [0.29, 0.717) is 6.42 Å². The van der Waals surface area contributed by atoms with E-state index >= 15 is 0 Å². The van der Waals surface area contributed by atoms with Crippen LogP contribution in [0.2, 0.25) is 5.02 Å². The highest BCUT2D eigenvalue weighted by atomic mass is 35.5. The number of nitrogens with one attached hydrogen (secondary N) is 1. The van der Waals surface area contributed by atoms with E-state index in [1.165, 1.54) is 12.1 Å². The minimum absolute atomic E-state index is 0.0274. The third kappa shape index (κ3) is 3.83. The molecule has 8 heteroatoms. The van der Waals surface area contributed by atoms with E-state index in [2.05, 4.69) is 5.32 Å². The minimum Gasteiger partial charge on any atom is -0.348 e. The number of hydrogen-bond acceptors (Lipinski definition) is 4. The van der Waals surface area contributed by atoms with Gasteiger partial charge in [0.1, 0.15) is 0 Å². The molecule has 0 unspecified atom stereocenters. The average molecular weight is 374 g/mol. The number of amides is 2. The number of rotatable bonds is 5. The summed E-state index contributed by atoms with van der Waals surface area (Å²) < 4.78 is 0. The zero-order chi connectivity index (χ0) is 18.7. The van der Waals surface area contributed by atoms with E-state index in [9.17, 15) is 19.7 Å². The lowest BCUT2D eigenvalue weighted by atomic mass is 10.1. The van der Waals surface area contributed by atoms with Gasteiger partial charge in [-0.2, -0.15) is 0 Å². The van der Waals surface area contributed by atoms with Crippen molar-refractivity contribution in [2.45, 2.75) is 19.4 Å². The second-order valence-electron chi connectivity index (χ2n) is 5.92. The molecule has 0 bridgehead atoms. The molecule has 3 rings (SSSR count). The summed E-state index contributed by atoms with van der Waals surface area (Å²) in [5.74, 6) is -0.289. The summed E-state index contributed by atoms with van der Waals surface area (Å²) in [5.41, 5.74) is 1.72. The Morgan fingerprint density at radius 2 is 1.96 bits per heavy atom. The number of carbonyl (C=O) groups excluding carboxylic acids is 2. The first-order valence-electron chi connectivity index (χ1n) is 8.07. The lowest BCUT2D eigenvalue weighted by Crippen LogP contribution is -2.24. The van der Waals surface area contributed by atoms with Gasteiger partial charge in [-0.25, -0.2) is 0 Å². The van der Waals surface area contributed by atoms with Crippen LogP contribution in [0.3, 0.4) is 0 Å². The standard InChI is InChI=1S/C18H16ClN3O4/c19-16-10-14(22(25)26)7-8-15(16)18(24)20-11-12-3-5-13(6-4-12)21-9-1-2-17(21)23/h3-8,10H,1-2,9,11H2,(H,20,24). The molecule has 0 aromatic heterocycles. The second-order valence-corrected chi connectivity index (χ2v) is 6.33. The summed E-state index contributed by atoms with van der Waals surface area (Å²) in [6.07, 6.45) is 1.44. The maximum Gasteiger partial charge on any atom is 0.270 e. The second kappa shape index (κ2) is 7.53. The summed E-state index contributed by atoms with van der Waals surface area (Å²) >= 11 is 5.95. The first-order chi connectivity index (χ1) is 12.5. The topological polar surface area (TPSA) is 92.6 Å². The van der Waals surface area contributed by atoms with Crippen molar-refractivity contribution in [1.29, 1.82) is 0 Å². The molecule has 0 atom stereocenters. The van der Waals surface area contributed by atoms with Gasteiger partial charge in [0.05, 0.1) is 15.5 Å². The van der Waals surface area contributed by atoms with Crippen LogP contribution in [0, 0.1) is 10.1 Å². The maximum atomic E-state index is 12.2. The van der Waals surface area contributed by atoms with Crippen molar-refractivity contribution in [3.63, 3.8) is 0 Å². The Bertz CT molecular complexity index is 867. The van der Waals surface area contributed by atoms with Crippen LogP contribution in [0.4, 0.5) is 11.4 Å². The Hall–Kier alpha value is -2.93. The number of nitrogens with zero attached hydrogens (tertiary/aromatic N) is 2. The van der Waals surface area contributed by atoms with Crippen LogP contribution in [0.1, 0.15) is 28.8 Å². The number of nitro groups is 1. The largest absolute Gasteiger partial charge is 0.348 e. The van der Waals surface area contributed by atoms with Crippen LogP contribution in [-0.4, -0.2) is 23.3 Å². The fourth-order valence-electron chi connectivity index (χ4n) is 2.79. The molecule has 2 aromatic carbocycles. The highest BCUT2D eigenvalue weighted by molar-refractivity contribution is 6.34. The van der Waals surface area contributed by atoms with Crippen LogP contribution in [0.15, 0.2) is 42.5 Å². The SMILES string of the molecule is O=C(NCc1ccc(N2CCCC2=O)cc1)c1ccc([N+](=O)[O-])cc1Cl. The molecule has 134 valence electrons. The molecule has 2 amide bonds. The number of carbonyl (C=O) groups is 2. The predicted octanol–water partition coefficient (Wildman–Crippen LogP) is 3.31. The monoisotopic (exact) mass is 373 g/mol. The van der Waals surface area contributed by atoms with Gasteiger partial charge >= 0.3 is 0 Å². The van der Waals surface area contributed by atoms with E-state index < -0.39 is 10.8 Å². The van der Waals surface area contributed by atoms with E-state index in [-0.39, 0.29) is 28.7 Å². The van der Waals surface area contributed by atoms with Crippen molar-refractivity contribution in [1.82, 2.24) is 5.32 Å². The van der Waals surface area contributed by atoms with Gasteiger partial charge in [0.2, 0.25) is 5.91 Å². The zero-order valence-corrected chi connectivity index (χ0v) is 14.5. The maximum absolute atomic E-state index is 12.2. The van der Waals surface area contributed by atoms with E-state index in [1.807, 2.05) is 24.3 Å². The van der Waals surface area contributed by atoms with Crippen LogP contribution < -0.4 is 10.2 Å². The molecule has 0 aliphatic carbocycles. The van der Waals surface area contributed by atoms with Crippen molar-refractivity contribution in [3.8, 4) is 0 Å². The molecular formula is C18H16ClN3O4. The highest BCUT2D eigenvalue weighted by Gasteiger charge is 2.21. The number of hydrogen-bond donors (Lipinski definition) is 1. The Labute approximate surface area is 154 Å². The van der Waals surface area contributed by atoms with Gasteiger partial charge in [-0.05, 0) is 30.2 Å². The third-order valence-electron chi connectivity index (χ3n) is 4.18. The molecule has 1 heterocycles. The van der Waals surface area contributed by atoms with Gasteiger partial charge in [-0.3, -0.25) is 19.7 Å². The van der Waals surface area contributed by atoms with E-state index in [1.54, 1.807) is 4.90 Å². The van der Waals surface area contributed by atoms with Crippen LogP contribution >= 0.6 is 11.6 Å². The highest BCUT2D eigenvalue weighted by Crippen LogP contribution is 2.23. The fourth-order valence-corrected chi connectivity index (χ4v) is 3.05. The summed E-state index contributed by atoms with van der Waals surface area (Å²) in [4.78, 5) is 35.9. The van der Waals surface area contributed by atoms with Gasteiger partial charge in [0.25, 0.3) is 11.6 Å². The number of nitro benzene ring substituents is 1. The first-order valence-corrected chi connectivity index (χ1v) is 8.45. The quantitative estimate of drug-likeness (QED) is 0.642. The number of non-ortho nitro benzene ring substituents is 1. The van der Waals surface area contributed by atoms with Crippen LogP contribution in [-0.2, 0) is 11.3 Å². The molecule has 0 saturated carbocycles. The molecular weight excluding hydrogens is 358 g/mol. The van der Waals surface area contributed by atoms with Gasteiger partial charge in [-0.1, -0.05) is 23.7 Å². The molecule has 7 nitrogen and oxygen atoms in total. The zero-order valence-electron chi connectivity index (χ0n) is 13.8. The summed E-state index contributed by atoms with van der Waals surface area (Å²) in [7, 11) is 0. The molecule has 1 saturated heterocycles. The van der Waals surface area contributed by atoms with Gasteiger partial charge in [-0.15, -0.1) is 0 Å². The fraction of sp³-hybridized carbons (Fsp3) is 0.222. The lowest BCUT2D eigenvalue weighted by molar-refractivity contribution is -0.384. The molecule has 0 radical (unpaired) electrons. The van der Waals surface area contributed by atoms with Crippen molar-refractivity contribution in [2.24, 2.45) is 0 Å². The first kappa shape index (κ1) is 17.9. The molecule has 1 fully saturated rings. The van der Waals surface area contributed by atoms with E-state index in [4.69, 9.17) is 11.6 Å². The number of anilines is 1. The molecule has 1 aliphatic heterocycles. The summed E-state index contributed by atoms with van der Waals surface area (Å²) in [6.45, 7) is 1.01. The third-order valence-corrected chi connectivity index (χ3v) is 4.50. The normalized spacial score (nSPS) is 13.7. The Balaban J connectivity index is 1.62. The smallest absolute Gasteiger partial charge is 0.270 e. The van der Waals surface area contributed by atoms with Crippen molar-refractivity contribution < 1.29 is 14.5 Å². The predicted molar refractivity (Wildman–Crippen MR) is 97.3 cm³/mol. The van der Waals surface area contributed by atoms with Crippen LogP contribution in [0.25, 0.3) is 0 Å². The average Bonchev–Trinajstić information content (AvgIpc) is 3.06. The summed E-state index contributed by atoms with van der Waals surface area (Å²) in [6, 6.07) is 11.1. The molecule has 1 aliphatic rings. The van der Waals surface area contributed by atoms with E-state index in [0.717, 1.165) is 30.3 Å². The molecule has 0 spiro atoms. The minimum atomic E-state index is -0.569. The van der Waals surface area contributed by atoms with Gasteiger partial charge < -0.3 is 10.2 Å². The molecule has 26 heavy (non-hydrogen) atoms. The molecule has 1 N–H and O–H groups in total. The molecule has 2 aromatic rings. The Morgan fingerprint density at radius 1 is 1.23 bits per heavy atom.